The highest BCUT2D eigenvalue weighted by Crippen LogP contribution is 2.23. The third-order valence-electron chi connectivity index (χ3n) is 2.39. The van der Waals surface area contributed by atoms with Gasteiger partial charge in [0.2, 0.25) is 0 Å². The van der Waals surface area contributed by atoms with Crippen molar-refractivity contribution in [3.05, 3.63) is 29.6 Å². The molecule has 0 heterocycles. The van der Waals surface area contributed by atoms with Crippen LogP contribution in [0.1, 0.15) is 24.9 Å². The summed E-state index contributed by atoms with van der Waals surface area (Å²) in [6.45, 7) is 1.84. The second kappa shape index (κ2) is 5.09. The number of halogens is 1. The van der Waals surface area contributed by atoms with Gasteiger partial charge in [-0.15, -0.1) is 0 Å². The summed E-state index contributed by atoms with van der Waals surface area (Å²) in [6.07, 6.45) is -0.0684. The maximum Gasteiger partial charge on any atom is 0.165 e. The summed E-state index contributed by atoms with van der Waals surface area (Å²) >= 11 is 0. The van der Waals surface area contributed by atoms with Crippen LogP contribution >= 0.6 is 0 Å². The molecule has 0 saturated heterocycles. The van der Waals surface area contributed by atoms with Crippen LogP contribution in [0.5, 0.6) is 5.75 Å². The zero-order chi connectivity index (χ0) is 11.4. The molecular formula is C11H16FNO2. The molecule has 84 valence electrons. The third-order valence-corrected chi connectivity index (χ3v) is 2.39. The highest BCUT2D eigenvalue weighted by molar-refractivity contribution is 5.32. The maximum absolute atomic E-state index is 13.1. The highest BCUT2D eigenvalue weighted by Gasteiger charge is 2.16. The maximum atomic E-state index is 13.1. The summed E-state index contributed by atoms with van der Waals surface area (Å²) in [4.78, 5) is 0. The van der Waals surface area contributed by atoms with E-state index in [0.29, 0.717) is 12.0 Å². The predicted octanol–water partition coefficient (Wildman–Crippen LogP) is 1.61. The Bertz CT molecular complexity index is 330. The minimum atomic E-state index is -0.625. The molecule has 1 aromatic carbocycles. The van der Waals surface area contributed by atoms with Crippen molar-refractivity contribution in [2.45, 2.75) is 25.5 Å². The van der Waals surface area contributed by atoms with Crippen LogP contribution in [0.15, 0.2) is 18.2 Å². The molecule has 3 N–H and O–H groups in total. The van der Waals surface area contributed by atoms with Crippen LogP contribution in [0.25, 0.3) is 0 Å². The molecule has 0 saturated carbocycles. The second-order valence-electron chi connectivity index (χ2n) is 3.40. The Balaban J connectivity index is 2.95. The van der Waals surface area contributed by atoms with E-state index >= 15 is 0 Å². The summed E-state index contributed by atoms with van der Waals surface area (Å²) in [5.41, 5.74) is 6.46. The number of ether oxygens (including phenoxy) is 1. The van der Waals surface area contributed by atoms with E-state index in [9.17, 15) is 9.50 Å². The van der Waals surface area contributed by atoms with Gasteiger partial charge in [0.1, 0.15) is 0 Å². The van der Waals surface area contributed by atoms with Crippen molar-refractivity contribution in [1.29, 1.82) is 0 Å². The van der Waals surface area contributed by atoms with Crippen LogP contribution in [0, 0.1) is 5.82 Å². The standard InChI is InChI=1S/C11H16FNO2/c1-3-9(14)11(13)7-4-5-8(12)10(6-7)15-2/h4-6,9,11,14H,3,13H2,1-2H3/t9-,11+/m0/s1. The van der Waals surface area contributed by atoms with Gasteiger partial charge in [0.05, 0.1) is 19.3 Å². The van der Waals surface area contributed by atoms with Crippen LogP contribution in [0.2, 0.25) is 0 Å². The molecule has 15 heavy (non-hydrogen) atoms. The molecule has 0 unspecified atom stereocenters. The molecule has 0 bridgehead atoms. The fourth-order valence-electron chi connectivity index (χ4n) is 1.36. The molecule has 0 aliphatic heterocycles. The van der Waals surface area contributed by atoms with Gasteiger partial charge in [-0.05, 0) is 24.1 Å². The quantitative estimate of drug-likeness (QED) is 0.798. The molecule has 0 amide bonds. The van der Waals surface area contributed by atoms with Crippen molar-refractivity contribution in [2.24, 2.45) is 5.73 Å². The first-order chi connectivity index (χ1) is 7.10. The number of hydrogen-bond acceptors (Lipinski definition) is 3. The first-order valence-electron chi connectivity index (χ1n) is 4.87. The topological polar surface area (TPSA) is 55.5 Å². The Labute approximate surface area is 88.7 Å². The molecule has 0 aromatic heterocycles. The van der Waals surface area contributed by atoms with Crippen LogP contribution < -0.4 is 10.5 Å². The van der Waals surface area contributed by atoms with Crippen molar-refractivity contribution in [3.8, 4) is 5.75 Å². The molecule has 0 fully saturated rings. The van der Waals surface area contributed by atoms with E-state index in [1.807, 2.05) is 6.92 Å². The molecule has 0 aliphatic rings. The normalized spacial score (nSPS) is 14.7. The molecule has 3 nitrogen and oxygen atoms in total. The van der Waals surface area contributed by atoms with Crippen LogP contribution in [0.4, 0.5) is 4.39 Å². The molecule has 0 aliphatic carbocycles. The number of rotatable bonds is 4. The molecule has 0 radical (unpaired) electrons. The predicted molar refractivity (Wildman–Crippen MR) is 56.2 cm³/mol. The van der Waals surface area contributed by atoms with Crippen molar-refractivity contribution < 1.29 is 14.2 Å². The van der Waals surface area contributed by atoms with E-state index in [-0.39, 0.29) is 5.75 Å². The Kier molecular flexibility index (Phi) is 4.05. The first-order valence-corrected chi connectivity index (χ1v) is 4.87. The monoisotopic (exact) mass is 213 g/mol. The lowest BCUT2D eigenvalue weighted by atomic mass is 10.0. The molecule has 0 spiro atoms. The second-order valence-corrected chi connectivity index (χ2v) is 3.40. The smallest absolute Gasteiger partial charge is 0.165 e. The van der Waals surface area contributed by atoms with Gasteiger partial charge in [0.25, 0.3) is 0 Å². The number of benzene rings is 1. The van der Waals surface area contributed by atoms with Gasteiger partial charge in [0.15, 0.2) is 11.6 Å². The zero-order valence-corrected chi connectivity index (χ0v) is 8.90. The van der Waals surface area contributed by atoms with Gasteiger partial charge < -0.3 is 15.6 Å². The van der Waals surface area contributed by atoms with Crippen LogP contribution in [0.3, 0.4) is 0 Å². The first kappa shape index (κ1) is 11.9. The van der Waals surface area contributed by atoms with E-state index in [0.717, 1.165) is 0 Å². The van der Waals surface area contributed by atoms with Gasteiger partial charge in [-0.25, -0.2) is 4.39 Å². The Morgan fingerprint density at radius 3 is 2.73 bits per heavy atom. The number of aliphatic hydroxyl groups excluding tert-OH is 1. The fraction of sp³-hybridized carbons (Fsp3) is 0.455. The van der Waals surface area contributed by atoms with E-state index in [1.165, 1.54) is 19.2 Å². The number of nitrogens with two attached hydrogens (primary N) is 1. The van der Waals surface area contributed by atoms with Gasteiger partial charge in [-0.3, -0.25) is 0 Å². The molecule has 2 atom stereocenters. The van der Waals surface area contributed by atoms with E-state index in [4.69, 9.17) is 10.5 Å². The molecule has 4 heteroatoms. The molecule has 1 aromatic rings. The SMILES string of the molecule is CC[C@H](O)[C@H](N)c1ccc(F)c(OC)c1. The summed E-state index contributed by atoms with van der Waals surface area (Å²) in [6, 6.07) is 3.85. The lowest BCUT2D eigenvalue weighted by Crippen LogP contribution is -2.25. The summed E-state index contributed by atoms with van der Waals surface area (Å²) in [5, 5.41) is 9.55. The third kappa shape index (κ3) is 2.67. The minimum Gasteiger partial charge on any atom is -0.494 e. The minimum absolute atomic E-state index is 0.145. The zero-order valence-electron chi connectivity index (χ0n) is 8.90. The van der Waals surface area contributed by atoms with Gasteiger partial charge >= 0.3 is 0 Å². The summed E-state index contributed by atoms with van der Waals surface area (Å²) < 4.78 is 17.9. The summed E-state index contributed by atoms with van der Waals surface area (Å²) in [5.74, 6) is -0.286. The average molecular weight is 213 g/mol. The van der Waals surface area contributed by atoms with Crippen molar-refractivity contribution >= 4 is 0 Å². The Morgan fingerprint density at radius 1 is 1.53 bits per heavy atom. The van der Waals surface area contributed by atoms with Crippen LogP contribution in [-0.4, -0.2) is 18.3 Å². The number of methoxy groups -OCH3 is 1. The average Bonchev–Trinajstić information content (AvgIpc) is 2.27. The van der Waals surface area contributed by atoms with Crippen molar-refractivity contribution in [1.82, 2.24) is 0 Å². The lowest BCUT2D eigenvalue weighted by molar-refractivity contribution is 0.140. The van der Waals surface area contributed by atoms with Gasteiger partial charge in [-0.1, -0.05) is 13.0 Å². The van der Waals surface area contributed by atoms with E-state index in [2.05, 4.69) is 0 Å². The van der Waals surface area contributed by atoms with Gasteiger partial charge in [0, 0.05) is 0 Å². The van der Waals surface area contributed by atoms with Crippen molar-refractivity contribution in [3.63, 3.8) is 0 Å². The largest absolute Gasteiger partial charge is 0.494 e. The molecule has 1 rings (SSSR count). The van der Waals surface area contributed by atoms with Crippen LogP contribution in [-0.2, 0) is 0 Å². The Morgan fingerprint density at radius 2 is 2.20 bits per heavy atom. The van der Waals surface area contributed by atoms with E-state index in [1.54, 1.807) is 6.07 Å². The number of hydrogen-bond donors (Lipinski definition) is 2. The fourth-order valence-corrected chi connectivity index (χ4v) is 1.36. The molecular weight excluding hydrogens is 197 g/mol. The summed E-state index contributed by atoms with van der Waals surface area (Å²) in [7, 11) is 1.39. The van der Waals surface area contributed by atoms with E-state index < -0.39 is 18.0 Å². The number of aliphatic hydroxyl groups is 1. The van der Waals surface area contributed by atoms with Crippen molar-refractivity contribution in [2.75, 3.05) is 7.11 Å². The Hall–Kier alpha value is -1.13. The van der Waals surface area contributed by atoms with Gasteiger partial charge in [-0.2, -0.15) is 0 Å². The highest BCUT2D eigenvalue weighted by atomic mass is 19.1. The lowest BCUT2D eigenvalue weighted by Gasteiger charge is -2.18.